The molecule has 5 rings (SSSR count). The van der Waals surface area contributed by atoms with E-state index in [-0.39, 0.29) is 11.2 Å². The molecule has 6 nitrogen and oxygen atoms in total. The molecule has 0 unspecified atom stereocenters. The van der Waals surface area contributed by atoms with Crippen molar-refractivity contribution < 1.29 is 0 Å². The molecule has 3 heterocycles. The molecule has 166 valence electrons. The molecule has 2 aromatic carbocycles. The van der Waals surface area contributed by atoms with E-state index in [9.17, 15) is 9.59 Å². The molecule has 5 aromatic rings. The zero-order valence-corrected chi connectivity index (χ0v) is 19.4. The second kappa shape index (κ2) is 8.33. The molecule has 0 bridgehead atoms. The minimum absolute atomic E-state index is 0.132. The first-order chi connectivity index (χ1) is 16.0. The van der Waals surface area contributed by atoms with Gasteiger partial charge in [0.25, 0.3) is 5.56 Å². The van der Waals surface area contributed by atoms with Crippen LogP contribution in [0.25, 0.3) is 22.1 Å². The van der Waals surface area contributed by atoms with Gasteiger partial charge in [0.05, 0.1) is 18.6 Å². The summed E-state index contributed by atoms with van der Waals surface area (Å²) in [6.07, 6.45) is 1.78. The lowest BCUT2D eigenvalue weighted by Gasteiger charge is -2.10. The SMILES string of the molecule is C=Cc1ccc(Cn2nc3n(Cc4ccc(C(C)C)cc4)c(=O)c4sccc4n3c2=O)cc1. The molecule has 0 saturated heterocycles. The quantitative estimate of drug-likeness (QED) is 0.371. The Hall–Kier alpha value is -3.71. The van der Waals surface area contributed by atoms with Gasteiger partial charge in [-0.2, -0.15) is 0 Å². The molecule has 0 saturated carbocycles. The van der Waals surface area contributed by atoms with Gasteiger partial charge >= 0.3 is 5.69 Å². The van der Waals surface area contributed by atoms with E-state index in [4.69, 9.17) is 0 Å². The molecule has 0 aliphatic heterocycles. The van der Waals surface area contributed by atoms with Crippen LogP contribution in [0.4, 0.5) is 0 Å². The van der Waals surface area contributed by atoms with Crippen molar-refractivity contribution in [2.45, 2.75) is 32.9 Å². The van der Waals surface area contributed by atoms with Crippen LogP contribution in [-0.2, 0) is 13.1 Å². The topological polar surface area (TPSA) is 61.3 Å². The van der Waals surface area contributed by atoms with E-state index in [1.807, 2.05) is 47.8 Å². The van der Waals surface area contributed by atoms with Gasteiger partial charge in [0.15, 0.2) is 0 Å². The van der Waals surface area contributed by atoms with Crippen molar-refractivity contribution in [3.63, 3.8) is 0 Å². The normalized spacial score (nSPS) is 11.6. The third-order valence-corrected chi connectivity index (χ3v) is 6.81. The number of aromatic nitrogens is 4. The fourth-order valence-corrected chi connectivity index (χ4v) is 4.83. The van der Waals surface area contributed by atoms with Crippen LogP contribution in [0.2, 0.25) is 0 Å². The third-order valence-electron chi connectivity index (χ3n) is 5.92. The van der Waals surface area contributed by atoms with E-state index in [1.165, 1.54) is 21.6 Å². The van der Waals surface area contributed by atoms with E-state index < -0.39 is 0 Å². The van der Waals surface area contributed by atoms with Crippen molar-refractivity contribution in [1.29, 1.82) is 0 Å². The Labute approximate surface area is 194 Å². The van der Waals surface area contributed by atoms with Crippen molar-refractivity contribution in [2.24, 2.45) is 0 Å². The Balaban J connectivity index is 1.64. The number of fused-ring (bicyclic) bond motifs is 3. The third kappa shape index (κ3) is 3.74. The van der Waals surface area contributed by atoms with Crippen molar-refractivity contribution in [3.8, 4) is 0 Å². The van der Waals surface area contributed by atoms with Crippen LogP contribution >= 0.6 is 11.3 Å². The van der Waals surface area contributed by atoms with Crippen molar-refractivity contribution in [1.82, 2.24) is 18.7 Å². The number of benzene rings is 2. The monoisotopic (exact) mass is 456 g/mol. The van der Waals surface area contributed by atoms with Crippen LogP contribution < -0.4 is 11.2 Å². The highest BCUT2D eigenvalue weighted by molar-refractivity contribution is 7.17. The van der Waals surface area contributed by atoms with Crippen LogP contribution in [0.15, 0.2) is 76.1 Å². The average molecular weight is 457 g/mol. The highest BCUT2D eigenvalue weighted by Gasteiger charge is 2.18. The molecule has 0 aliphatic rings. The minimum atomic E-state index is -0.259. The van der Waals surface area contributed by atoms with E-state index in [0.717, 1.165) is 16.7 Å². The van der Waals surface area contributed by atoms with Gasteiger partial charge in [-0.25, -0.2) is 13.9 Å². The molecule has 0 atom stereocenters. The number of nitrogens with zero attached hydrogens (tertiary/aromatic N) is 4. The lowest BCUT2D eigenvalue weighted by Crippen LogP contribution is -2.26. The molecule has 0 fully saturated rings. The van der Waals surface area contributed by atoms with E-state index in [0.29, 0.717) is 35.0 Å². The summed E-state index contributed by atoms with van der Waals surface area (Å²) in [4.78, 5) is 26.7. The molecule has 3 aromatic heterocycles. The number of hydrogen-bond donors (Lipinski definition) is 0. The Morgan fingerprint density at radius 2 is 1.64 bits per heavy atom. The predicted octanol–water partition coefficient (Wildman–Crippen LogP) is 4.74. The van der Waals surface area contributed by atoms with Gasteiger partial charge in [-0.1, -0.05) is 75.0 Å². The number of hydrogen-bond acceptors (Lipinski definition) is 4. The fraction of sp³-hybridized carbons (Fsp3) is 0.192. The van der Waals surface area contributed by atoms with Crippen molar-refractivity contribution in [2.75, 3.05) is 0 Å². The Morgan fingerprint density at radius 3 is 2.30 bits per heavy atom. The summed E-state index contributed by atoms with van der Waals surface area (Å²) in [5, 5.41) is 6.44. The number of thiophene rings is 1. The van der Waals surface area contributed by atoms with E-state index >= 15 is 0 Å². The Bertz CT molecular complexity index is 1580. The Morgan fingerprint density at radius 1 is 0.970 bits per heavy atom. The summed E-state index contributed by atoms with van der Waals surface area (Å²) in [6.45, 7) is 8.74. The average Bonchev–Trinajstić information content (AvgIpc) is 3.42. The summed E-state index contributed by atoms with van der Waals surface area (Å²) >= 11 is 1.35. The van der Waals surface area contributed by atoms with Crippen LogP contribution in [-0.4, -0.2) is 18.7 Å². The molecular formula is C26H24N4O2S. The van der Waals surface area contributed by atoms with Crippen molar-refractivity contribution in [3.05, 3.63) is 110 Å². The van der Waals surface area contributed by atoms with Crippen LogP contribution in [0.3, 0.4) is 0 Å². The molecule has 0 N–H and O–H groups in total. The van der Waals surface area contributed by atoms with Gasteiger partial charge in [0.2, 0.25) is 5.78 Å². The van der Waals surface area contributed by atoms with E-state index in [2.05, 4.69) is 37.7 Å². The zero-order chi connectivity index (χ0) is 23.1. The summed E-state index contributed by atoms with van der Waals surface area (Å²) < 4.78 is 5.13. The lowest BCUT2D eigenvalue weighted by molar-refractivity contribution is 0.654. The maximum atomic E-state index is 13.3. The molecule has 0 spiro atoms. The molecule has 0 amide bonds. The largest absolute Gasteiger partial charge is 0.352 e. The molecule has 0 aliphatic carbocycles. The Kier molecular flexibility index (Phi) is 5.34. The van der Waals surface area contributed by atoms with Crippen molar-refractivity contribution >= 4 is 33.4 Å². The van der Waals surface area contributed by atoms with Gasteiger partial charge in [-0.05, 0) is 39.6 Å². The molecule has 7 heteroatoms. The standard InChI is InChI=1S/C26H24N4O2S/c1-4-18-5-7-20(8-6-18)16-29-26(32)30-22-13-14-33-23(22)24(31)28(25(30)27-29)15-19-9-11-21(12-10-19)17(2)3/h4-14,17H,1,15-16H2,2-3H3. The summed E-state index contributed by atoms with van der Waals surface area (Å²) in [7, 11) is 0. The molecule has 0 radical (unpaired) electrons. The van der Waals surface area contributed by atoms with Crippen LogP contribution in [0, 0.1) is 0 Å². The second-order valence-electron chi connectivity index (χ2n) is 8.44. The zero-order valence-electron chi connectivity index (χ0n) is 18.6. The summed E-state index contributed by atoms with van der Waals surface area (Å²) in [5.41, 5.74) is 4.40. The first kappa shape index (κ1) is 21.2. The highest BCUT2D eigenvalue weighted by Crippen LogP contribution is 2.19. The molecular weight excluding hydrogens is 432 g/mol. The fourth-order valence-electron chi connectivity index (χ4n) is 4.00. The number of rotatable bonds is 6. The summed E-state index contributed by atoms with van der Waals surface area (Å²) in [6, 6.07) is 17.9. The lowest BCUT2D eigenvalue weighted by atomic mass is 10.0. The highest BCUT2D eigenvalue weighted by atomic mass is 32.1. The maximum absolute atomic E-state index is 13.3. The first-order valence-electron chi connectivity index (χ1n) is 10.9. The van der Waals surface area contributed by atoms with E-state index in [1.54, 1.807) is 15.0 Å². The summed E-state index contributed by atoms with van der Waals surface area (Å²) in [5.74, 6) is 0.789. The van der Waals surface area contributed by atoms with Gasteiger partial charge in [-0.15, -0.1) is 16.4 Å². The predicted molar refractivity (Wildman–Crippen MR) is 134 cm³/mol. The van der Waals surface area contributed by atoms with Gasteiger partial charge < -0.3 is 0 Å². The van der Waals surface area contributed by atoms with Gasteiger partial charge in [0.1, 0.15) is 4.70 Å². The second-order valence-corrected chi connectivity index (χ2v) is 9.36. The van der Waals surface area contributed by atoms with Gasteiger partial charge in [-0.3, -0.25) is 9.36 Å². The van der Waals surface area contributed by atoms with Gasteiger partial charge in [0, 0.05) is 0 Å². The first-order valence-corrected chi connectivity index (χ1v) is 11.7. The maximum Gasteiger partial charge on any atom is 0.352 e. The molecule has 33 heavy (non-hydrogen) atoms. The smallest absolute Gasteiger partial charge is 0.271 e. The van der Waals surface area contributed by atoms with Crippen LogP contribution in [0.1, 0.15) is 42.0 Å². The minimum Gasteiger partial charge on any atom is -0.271 e. The van der Waals surface area contributed by atoms with Crippen LogP contribution in [0.5, 0.6) is 0 Å².